The Balaban J connectivity index is 2.29. The summed E-state index contributed by atoms with van der Waals surface area (Å²) in [5.74, 6) is 0.448. The summed E-state index contributed by atoms with van der Waals surface area (Å²) in [6.45, 7) is 2.39. The van der Waals surface area contributed by atoms with Crippen LogP contribution in [0.5, 0.6) is 17.2 Å². The third-order valence-electron chi connectivity index (χ3n) is 3.02. The highest BCUT2D eigenvalue weighted by atomic mass is 79.9. The van der Waals surface area contributed by atoms with Gasteiger partial charge in [-0.2, -0.15) is 0 Å². The largest absolute Gasteiger partial charge is 0.493 e. The molecule has 0 unspecified atom stereocenters. The quantitative estimate of drug-likeness (QED) is 0.433. The number of para-hydroxylation sites is 1. The number of methoxy groups -OCH3 is 1. The van der Waals surface area contributed by atoms with E-state index in [4.69, 9.17) is 14.2 Å². The molecule has 5 nitrogen and oxygen atoms in total. The van der Waals surface area contributed by atoms with Crippen molar-refractivity contribution in [3.63, 3.8) is 0 Å². The average molecular weight is 379 g/mol. The summed E-state index contributed by atoms with van der Waals surface area (Å²) >= 11 is 3.34. The molecule has 0 aliphatic carbocycles. The van der Waals surface area contributed by atoms with E-state index in [1.54, 1.807) is 36.4 Å². The van der Waals surface area contributed by atoms with Crippen LogP contribution in [-0.2, 0) is 0 Å². The van der Waals surface area contributed by atoms with Gasteiger partial charge >= 0.3 is 5.97 Å². The van der Waals surface area contributed by atoms with Crippen LogP contribution in [0.2, 0.25) is 0 Å². The van der Waals surface area contributed by atoms with Gasteiger partial charge in [-0.25, -0.2) is 4.79 Å². The maximum Gasteiger partial charge on any atom is 0.343 e. The number of benzene rings is 2. The van der Waals surface area contributed by atoms with Gasteiger partial charge in [0.1, 0.15) is 5.75 Å². The SMILES string of the molecule is CCOc1ccc(C(=O)Oc2c(C=O)cccc2OC)cc1Br. The minimum atomic E-state index is -0.596. The number of ether oxygens (including phenoxy) is 3. The highest BCUT2D eigenvalue weighted by Gasteiger charge is 2.17. The molecule has 6 heteroatoms. The summed E-state index contributed by atoms with van der Waals surface area (Å²) in [4.78, 5) is 23.4. The normalized spacial score (nSPS) is 10.0. The molecule has 23 heavy (non-hydrogen) atoms. The molecule has 0 aliphatic rings. The minimum absolute atomic E-state index is 0.0972. The Morgan fingerprint density at radius 3 is 2.61 bits per heavy atom. The van der Waals surface area contributed by atoms with Gasteiger partial charge in [-0.15, -0.1) is 0 Å². The van der Waals surface area contributed by atoms with Gasteiger partial charge in [0.15, 0.2) is 17.8 Å². The molecule has 0 amide bonds. The molecule has 0 spiro atoms. The van der Waals surface area contributed by atoms with Crippen molar-refractivity contribution in [3.8, 4) is 17.2 Å². The first-order valence-electron chi connectivity index (χ1n) is 6.87. The van der Waals surface area contributed by atoms with Crippen LogP contribution in [0.25, 0.3) is 0 Å². The third-order valence-corrected chi connectivity index (χ3v) is 3.64. The summed E-state index contributed by atoms with van der Waals surface area (Å²) in [5.41, 5.74) is 0.561. The zero-order valence-electron chi connectivity index (χ0n) is 12.7. The molecule has 0 saturated carbocycles. The summed E-state index contributed by atoms with van der Waals surface area (Å²) < 4.78 is 16.5. The van der Waals surface area contributed by atoms with Crippen LogP contribution in [0.1, 0.15) is 27.6 Å². The van der Waals surface area contributed by atoms with E-state index in [1.807, 2.05) is 6.92 Å². The Morgan fingerprint density at radius 2 is 2.00 bits per heavy atom. The van der Waals surface area contributed by atoms with E-state index in [2.05, 4.69) is 15.9 Å². The van der Waals surface area contributed by atoms with Crippen LogP contribution >= 0.6 is 15.9 Å². The molecule has 0 aromatic heterocycles. The first-order valence-corrected chi connectivity index (χ1v) is 7.66. The van der Waals surface area contributed by atoms with Crippen LogP contribution in [0.4, 0.5) is 0 Å². The van der Waals surface area contributed by atoms with Gasteiger partial charge < -0.3 is 14.2 Å². The molecule has 0 atom stereocenters. The number of carbonyl (C=O) groups is 2. The van der Waals surface area contributed by atoms with E-state index < -0.39 is 5.97 Å². The minimum Gasteiger partial charge on any atom is -0.493 e. The van der Waals surface area contributed by atoms with E-state index in [0.717, 1.165) is 0 Å². The van der Waals surface area contributed by atoms with Gasteiger partial charge in [0, 0.05) is 0 Å². The smallest absolute Gasteiger partial charge is 0.343 e. The zero-order valence-corrected chi connectivity index (χ0v) is 14.3. The molecule has 0 saturated heterocycles. The van der Waals surface area contributed by atoms with E-state index in [-0.39, 0.29) is 11.3 Å². The molecule has 0 fully saturated rings. The second kappa shape index (κ2) is 7.78. The lowest BCUT2D eigenvalue weighted by Gasteiger charge is -2.12. The van der Waals surface area contributed by atoms with Gasteiger partial charge in [-0.3, -0.25) is 4.79 Å². The third kappa shape index (κ3) is 3.90. The number of hydrogen-bond acceptors (Lipinski definition) is 5. The lowest BCUT2D eigenvalue weighted by atomic mass is 10.2. The van der Waals surface area contributed by atoms with Crippen molar-refractivity contribution in [2.45, 2.75) is 6.92 Å². The summed E-state index contributed by atoms with van der Waals surface area (Å²) in [5, 5.41) is 0. The maximum absolute atomic E-state index is 12.3. The molecule has 2 aromatic rings. The van der Waals surface area contributed by atoms with Crippen LogP contribution in [0, 0.1) is 0 Å². The predicted octanol–water partition coefficient (Wildman–Crippen LogP) is 3.89. The Labute approximate surface area is 142 Å². The molecule has 2 aromatic carbocycles. The van der Waals surface area contributed by atoms with E-state index in [9.17, 15) is 9.59 Å². The zero-order chi connectivity index (χ0) is 16.8. The number of aldehydes is 1. The fraction of sp³-hybridized carbons (Fsp3) is 0.176. The van der Waals surface area contributed by atoms with E-state index >= 15 is 0 Å². The summed E-state index contributed by atoms with van der Waals surface area (Å²) in [6.07, 6.45) is 0.610. The molecular weight excluding hydrogens is 364 g/mol. The maximum atomic E-state index is 12.3. The highest BCUT2D eigenvalue weighted by Crippen LogP contribution is 2.32. The molecular formula is C17H15BrO5. The number of esters is 1. The van der Waals surface area contributed by atoms with Gasteiger partial charge in [-0.05, 0) is 53.2 Å². The topological polar surface area (TPSA) is 61.8 Å². The van der Waals surface area contributed by atoms with Crippen molar-refractivity contribution >= 4 is 28.2 Å². The number of hydrogen-bond donors (Lipinski definition) is 0. The lowest BCUT2D eigenvalue weighted by molar-refractivity contribution is 0.0728. The molecule has 120 valence electrons. The van der Waals surface area contributed by atoms with Crippen LogP contribution in [0.15, 0.2) is 40.9 Å². The monoisotopic (exact) mass is 378 g/mol. The second-order valence-electron chi connectivity index (χ2n) is 4.46. The van der Waals surface area contributed by atoms with Crippen molar-refractivity contribution in [2.24, 2.45) is 0 Å². The lowest BCUT2D eigenvalue weighted by Crippen LogP contribution is -2.11. The van der Waals surface area contributed by atoms with Crippen LogP contribution in [0.3, 0.4) is 0 Å². The van der Waals surface area contributed by atoms with E-state index in [1.165, 1.54) is 7.11 Å². The molecule has 0 heterocycles. The van der Waals surface area contributed by atoms with Gasteiger partial charge in [0.05, 0.1) is 29.3 Å². The van der Waals surface area contributed by atoms with Gasteiger partial charge in [0.2, 0.25) is 0 Å². The fourth-order valence-electron chi connectivity index (χ4n) is 1.95. The second-order valence-corrected chi connectivity index (χ2v) is 5.32. The van der Waals surface area contributed by atoms with Crippen molar-refractivity contribution in [2.75, 3.05) is 13.7 Å². The molecule has 2 rings (SSSR count). The first kappa shape index (κ1) is 17.0. The summed E-state index contributed by atoms with van der Waals surface area (Å²) in [6, 6.07) is 9.67. The van der Waals surface area contributed by atoms with Crippen LogP contribution in [-0.4, -0.2) is 26.0 Å². The van der Waals surface area contributed by atoms with Crippen molar-refractivity contribution in [1.29, 1.82) is 0 Å². The molecule has 0 bridgehead atoms. The number of rotatable bonds is 6. The Hall–Kier alpha value is -2.34. The molecule has 0 radical (unpaired) electrons. The number of carbonyl (C=O) groups excluding carboxylic acids is 2. The Morgan fingerprint density at radius 1 is 1.22 bits per heavy atom. The van der Waals surface area contributed by atoms with Crippen molar-refractivity contribution in [3.05, 3.63) is 52.0 Å². The highest BCUT2D eigenvalue weighted by molar-refractivity contribution is 9.10. The van der Waals surface area contributed by atoms with Crippen molar-refractivity contribution < 1.29 is 23.8 Å². The molecule has 0 aliphatic heterocycles. The first-order chi connectivity index (χ1) is 11.1. The van der Waals surface area contributed by atoms with Gasteiger partial charge in [-0.1, -0.05) is 6.07 Å². The van der Waals surface area contributed by atoms with Crippen molar-refractivity contribution in [1.82, 2.24) is 0 Å². The predicted molar refractivity (Wildman–Crippen MR) is 88.7 cm³/mol. The fourth-order valence-corrected chi connectivity index (χ4v) is 2.44. The standard InChI is InChI=1S/C17H15BrO5/c1-3-22-14-8-7-11(9-13(14)18)17(20)23-16-12(10-19)5-4-6-15(16)21-2/h4-10H,3H2,1-2H3. The number of halogens is 1. The average Bonchev–Trinajstić information content (AvgIpc) is 2.56. The Kier molecular flexibility index (Phi) is 5.76. The van der Waals surface area contributed by atoms with Gasteiger partial charge in [0.25, 0.3) is 0 Å². The Bertz CT molecular complexity index is 727. The van der Waals surface area contributed by atoms with Crippen LogP contribution < -0.4 is 14.2 Å². The summed E-state index contributed by atoms with van der Waals surface area (Å²) in [7, 11) is 1.44. The molecule has 0 N–H and O–H groups in total. The van der Waals surface area contributed by atoms with E-state index in [0.29, 0.717) is 34.4 Å².